The van der Waals surface area contributed by atoms with E-state index < -0.39 is 0 Å². The average Bonchev–Trinajstić information content (AvgIpc) is 2.78. The summed E-state index contributed by atoms with van der Waals surface area (Å²) < 4.78 is 0. The summed E-state index contributed by atoms with van der Waals surface area (Å²) in [6.45, 7) is 0. The Morgan fingerprint density at radius 1 is 1.40 bits per heavy atom. The highest BCUT2D eigenvalue weighted by Gasteiger charge is 2.30. The Bertz CT molecular complexity index is 342. The standard InChI is InChI=1S/C10H13N3O2/c14-10(13-15)8-2-1-7(3-8)9-4-11-6-12-5-9/h4-8,15H,1-3H2,(H,13,14). The maximum absolute atomic E-state index is 11.2. The van der Waals surface area contributed by atoms with E-state index in [9.17, 15) is 4.79 Å². The fourth-order valence-corrected chi connectivity index (χ4v) is 2.14. The van der Waals surface area contributed by atoms with Gasteiger partial charge in [-0.2, -0.15) is 0 Å². The molecule has 1 aromatic heterocycles. The molecule has 80 valence electrons. The number of rotatable bonds is 2. The number of carbonyl (C=O) groups excluding carboxylic acids is 1. The van der Waals surface area contributed by atoms with Crippen molar-refractivity contribution in [2.45, 2.75) is 25.2 Å². The molecule has 1 aliphatic rings. The van der Waals surface area contributed by atoms with Gasteiger partial charge in [-0.25, -0.2) is 15.4 Å². The molecule has 1 heterocycles. The molecule has 5 heteroatoms. The van der Waals surface area contributed by atoms with Gasteiger partial charge in [-0.1, -0.05) is 0 Å². The lowest BCUT2D eigenvalue weighted by atomic mass is 9.99. The Morgan fingerprint density at radius 2 is 2.13 bits per heavy atom. The molecule has 0 saturated heterocycles. The van der Waals surface area contributed by atoms with Crippen molar-refractivity contribution in [2.75, 3.05) is 0 Å². The average molecular weight is 207 g/mol. The van der Waals surface area contributed by atoms with Gasteiger partial charge in [0.15, 0.2) is 0 Å². The molecule has 2 unspecified atom stereocenters. The van der Waals surface area contributed by atoms with Crippen molar-refractivity contribution in [3.05, 3.63) is 24.3 Å². The van der Waals surface area contributed by atoms with Crippen LogP contribution in [0.4, 0.5) is 0 Å². The highest BCUT2D eigenvalue weighted by atomic mass is 16.5. The lowest BCUT2D eigenvalue weighted by molar-refractivity contribution is -0.133. The van der Waals surface area contributed by atoms with Gasteiger partial charge in [-0.15, -0.1) is 0 Å². The van der Waals surface area contributed by atoms with Crippen molar-refractivity contribution in [1.29, 1.82) is 0 Å². The van der Waals surface area contributed by atoms with Gasteiger partial charge in [0.1, 0.15) is 6.33 Å². The molecule has 1 saturated carbocycles. The number of amides is 1. The molecule has 2 rings (SSSR count). The van der Waals surface area contributed by atoms with Crippen molar-refractivity contribution >= 4 is 5.91 Å². The molecule has 2 N–H and O–H groups in total. The molecular weight excluding hydrogens is 194 g/mol. The number of nitrogens with zero attached hydrogens (tertiary/aromatic N) is 2. The second-order valence-electron chi connectivity index (χ2n) is 3.85. The van der Waals surface area contributed by atoms with Crippen molar-refractivity contribution in [1.82, 2.24) is 15.4 Å². The van der Waals surface area contributed by atoms with Crippen molar-refractivity contribution < 1.29 is 10.0 Å². The molecule has 0 spiro atoms. The summed E-state index contributed by atoms with van der Waals surface area (Å²) in [5, 5.41) is 8.53. The van der Waals surface area contributed by atoms with Crippen molar-refractivity contribution in [3.63, 3.8) is 0 Å². The minimum Gasteiger partial charge on any atom is -0.289 e. The van der Waals surface area contributed by atoms with Gasteiger partial charge < -0.3 is 0 Å². The monoisotopic (exact) mass is 207 g/mol. The zero-order chi connectivity index (χ0) is 10.7. The third kappa shape index (κ3) is 2.12. The fourth-order valence-electron chi connectivity index (χ4n) is 2.14. The van der Waals surface area contributed by atoms with E-state index in [-0.39, 0.29) is 11.8 Å². The number of hydroxylamine groups is 1. The van der Waals surface area contributed by atoms with Gasteiger partial charge in [-0.3, -0.25) is 10.0 Å². The van der Waals surface area contributed by atoms with Gasteiger partial charge in [0.2, 0.25) is 5.91 Å². The Hall–Kier alpha value is -1.49. The zero-order valence-electron chi connectivity index (χ0n) is 8.26. The number of hydrogen-bond acceptors (Lipinski definition) is 4. The molecule has 2 atom stereocenters. The van der Waals surface area contributed by atoms with Gasteiger partial charge in [-0.05, 0) is 30.7 Å². The lowest BCUT2D eigenvalue weighted by Gasteiger charge is -2.09. The topological polar surface area (TPSA) is 75.1 Å². The van der Waals surface area contributed by atoms with Crippen LogP contribution in [0.3, 0.4) is 0 Å². The minimum absolute atomic E-state index is 0.0831. The highest BCUT2D eigenvalue weighted by Crippen LogP contribution is 2.37. The summed E-state index contributed by atoms with van der Waals surface area (Å²) in [7, 11) is 0. The molecule has 5 nitrogen and oxygen atoms in total. The predicted octanol–water partition coefficient (Wildman–Crippen LogP) is 0.866. The maximum atomic E-state index is 11.2. The van der Waals surface area contributed by atoms with Crippen LogP contribution in [0.5, 0.6) is 0 Å². The van der Waals surface area contributed by atoms with E-state index in [2.05, 4.69) is 9.97 Å². The van der Waals surface area contributed by atoms with Crippen LogP contribution in [-0.4, -0.2) is 21.1 Å². The highest BCUT2D eigenvalue weighted by molar-refractivity contribution is 5.77. The van der Waals surface area contributed by atoms with Crippen LogP contribution in [0.1, 0.15) is 30.7 Å². The van der Waals surface area contributed by atoms with Gasteiger partial charge in [0.05, 0.1) is 0 Å². The van der Waals surface area contributed by atoms with Crippen LogP contribution in [0.15, 0.2) is 18.7 Å². The first-order chi connectivity index (χ1) is 7.31. The van der Waals surface area contributed by atoms with E-state index in [1.54, 1.807) is 17.9 Å². The zero-order valence-corrected chi connectivity index (χ0v) is 8.26. The molecule has 1 aliphatic carbocycles. The SMILES string of the molecule is O=C(NO)C1CCC(c2cncnc2)C1. The van der Waals surface area contributed by atoms with Crippen molar-refractivity contribution in [2.24, 2.45) is 5.92 Å². The van der Waals surface area contributed by atoms with Crippen LogP contribution in [-0.2, 0) is 4.79 Å². The first kappa shape index (κ1) is 10.0. The normalized spacial score (nSPS) is 25.1. The van der Waals surface area contributed by atoms with Crippen LogP contribution in [0.25, 0.3) is 0 Å². The number of hydrogen-bond donors (Lipinski definition) is 2. The van der Waals surface area contributed by atoms with E-state index >= 15 is 0 Å². The second-order valence-corrected chi connectivity index (χ2v) is 3.85. The van der Waals surface area contributed by atoms with Crippen LogP contribution >= 0.6 is 0 Å². The largest absolute Gasteiger partial charge is 0.289 e. The Balaban J connectivity index is 2.02. The quantitative estimate of drug-likeness (QED) is 0.557. The summed E-state index contributed by atoms with van der Waals surface area (Å²) in [5.74, 6) is -0.0249. The smallest absolute Gasteiger partial charge is 0.246 e. The number of carbonyl (C=O) groups is 1. The Morgan fingerprint density at radius 3 is 2.80 bits per heavy atom. The summed E-state index contributed by atoms with van der Waals surface area (Å²) in [5.41, 5.74) is 2.78. The van der Waals surface area contributed by atoms with E-state index in [0.29, 0.717) is 5.92 Å². The number of nitrogens with one attached hydrogen (secondary N) is 1. The lowest BCUT2D eigenvalue weighted by Crippen LogP contribution is -2.26. The van der Waals surface area contributed by atoms with Gasteiger partial charge in [0.25, 0.3) is 0 Å². The van der Waals surface area contributed by atoms with E-state index in [1.165, 1.54) is 6.33 Å². The molecular formula is C10H13N3O2. The van der Waals surface area contributed by atoms with Crippen LogP contribution < -0.4 is 5.48 Å². The molecule has 1 aromatic rings. The van der Waals surface area contributed by atoms with E-state index in [1.807, 2.05) is 0 Å². The maximum Gasteiger partial charge on any atom is 0.246 e. The van der Waals surface area contributed by atoms with Crippen molar-refractivity contribution in [3.8, 4) is 0 Å². The van der Waals surface area contributed by atoms with E-state index in [4.69, 9.17) is 5.21 Å². The summed E-state index contributed by atoms with van der Waals surface area (Å²) in [6.07, 6.45) is 7.60. The minimum atomic E-state index is -0.283. The second kappa shape index (κ2) is 4.35. The molecule has 0 radical (unpaired) electrons. The first-order valence-corrected chi connectivity index (χ1v) is 5.00. The molecule has 0 aliphatic heterocycles. The molecule has 1 fully saturated rings. The Labute approximate surface area is 87.5 Å². The molecule has 1 amide bonds. The third-order valence-electron chi connectivity index (χ3n) is 2.97. The molecule has 0 aromatic carbocycles. The van der Waals surface area contributed by atoms with Gasteiger partial charge in [0, 0.05) is 18.3 Å². The number of aromatic nitrogens is 2. The first-order valence-electron chi connectivity index (χ1n) is 5.00. The van der Waals surface area contributed by atoms with Crippen LogP contribution in [0, 0.1) is 5.92 Å². The summed E-state index contributed by atoms with van der Waals surface area (Å²) >= 11 is 0. The molecule has 0 bridgehead atoms. The van der Waals surface area contributed by atoms with E-state index in [0.717, 1.165) is 24.8 Å². The molecule has 15 heavy (non-hydrogen) atoms. The fraction of sp³-hybridized carbons (Fsp3) is 0.500. The third-order valence-corrected chi connectivity index (χ3v) is 2.97. The van der Waals surface area contributed by atoms with Crippen LogP contribution in [0.2, 0.25) is 0 Å². The summed E-state index contributed by atoms with van der Waals surface area (Å²) in [6, 6.07) is 0. The van der Waals surface area contributed by atoms with Gasteiger partial charge >= 0.3 is 0 Å². The Kier molecular flexibility index (Phi) is 2.91. The summed E-state index contributed by atoms with van der Waals surface area (Å²) in [4.78, 5) is 19.1. The predicted molar refractivity (Wildman–Crippen MR) is 52.0 cm³/mol.